The molecule has 0 saturated heterocycles. The molecule has 1 amide bonds. The van der Waals surface area contributed by atoms with Gasteiger partial charge in [0.2, 0.25) is 5.91 Å². The highest BCUT2D eigenvalue weighted by Gasteiger charge is 2.18. The number of carbonyl (C=O) groups is 1. The molecule has 0 aliphatic heterocycles. The van der Waals surface area contributed by atoms with Crippen molar-refractivity contribution in [3.8, 4) is 11.1 Å². The van der Waals surface area contributed by atoms with E-state index in [0.29, 0.717) is 16.9 Å². The Bertz CT molecular complexity index is 893. The van der Waals surface area contributed by atoms with Crippen molar-refractivity contribution >= 4 is 11.7 Å². The van der Waals surface area contributed by atoms with E-state index in [-0.39, 0.29) is 11.7 Å². The SMILES string of the molecule is Cc1cccnc1NC(=O)C(C)c1ccc(-c2ccccc2)c(F)c1. The van der Waals surface area contributed by atoms with Gasteiger partial charge in [-0.25, -0.2) is 9.37 Å². The van der Waals surface area contributed by atoms with Gasteiger partial charge in [-0.1, -0.05) is 48.5 Å². The van der Waals surface area contributed by atoms with Gasteiger partial charge in [0.1, 0.15) is 11.6 Å². The molecule has 1 heterocycles. The molecule has 1 unspecified atom stereocenters. The zero-order chi connectivity index (χ0) is 17.8. The van der Waals surface area contributed by atoms with Gasteiger partial charge in [0.25, 0.3) is 0 Å². The summed E-state index contributed by atoms with van der Waals surface area (Å²) in [4.78, 5) is 16.6. The summed E-state index contributed by atoms with van der Waals surface area (Å²) in [5.74, 6) is -0.507. The van der Waals surface area contributed by atoms with Crippen molar-refractivity contribution in [1.82, 2.24) is 4.98 Å². The van der Waals surface area contributed by atoms with Crippen LogP contribution in [0.5, 0.6) is 0 Å². The quantitative estimate of drug-likeness (QED) is 0.734. The first-order valence-corrected chi connectivity index (χ1v) is 8.13. The minimum atomic E-state index is -0.485. The van der Waals surface area contributed by atoms with E-state index in [1.807, 2.05) is 49.4 Å². The van der Waals surface area contributed by atoms with Crippen molar-refractivity contribution in [3.05, 3.63) is 83.8 Å². The van der Waals surface area contributed by atoms with Crippen LogP contribution in [0.4, 0.5) is 10.2 Å². The Balaban J connectivity index is 1.81. The molecule has 3 aromatic rings. The fourth-order valence-electron chi connectivity index (χ4n) is 2.65. The monoisotopic (exact) mass is 334 g/mol. The Morgan fingerprint density at radius 3 is 2.52 bits per heavy atom. The predicted octanol–water partition coefficient (Wildman–Crippen LogP) is 4.94. The van der Waals surface area contributed by atoms with E-state index in [1.165, 1.54) is 6.07 Å². The third kappa shape index (κ3) is 3.74. The molecule has 1 aromatic heterocycles. The standard InChI is InChI=1S/C21H19FN2O/c1-14-7-6-12-23-20(14)24-21(25)15(2)17-10-11-18(19(22)13-17)16-8-4-3-5-9-16/h3-13,15H,1-2H3,(H,23,24,25). The zero-order valence-electron chi connectivity index (χ0n) is 14.2. The van der Waals surface area contributed by atoms with Crippen LogP contribution in [0.1, 0.15) is 24.0 Å². The molecule has 0 saturated carbocycles. The number of aryl methyl sites for hydroxylation is 1. The minimum Gasteiger partial charge on any atom is -0.310 e. The van der Waals surface area contributed by atoms with Crippen molar-refractivity contribution in [3.63, 3.8) is 0 Å². The number of pyridine rings is 1. The third-order valence-electron chi connectivity index (χ3n) is 4.22. The lowest BCUT2D eigenvalue weighted by atomic mass is 9.96. The summed E-state index contributed by atoms with van der Waals surface area (Å²) in [6.07, 6.45) is 1.63. The normalized spacial score (nSPS) is 11.8. The lowest BCUT2D eigenvalue weighted by molar-refractivity contribution is -0.117. The molecule has 0 fully saturated rings. The van der Waals surface area contributed by atoms with E-state index < -0.39 is 5.92 Å². The second-order valence-corrected chi connectivity index (χ2v) is 5.99. The van der Waals surface area contributed by atoms with E-state index in [4.69, 9.17) is 0 Å². The molecule has 2 aromatic carbocycles. The summed E-state index contributed by atoms with van der Waals surface area (Å²) in [7, 11) is 0. The van der Waals surface area contributed by atoms with Crippen molar-refractivity contribution < 1.29 is 9.18 Å². The van der Waals surface area contributed by atoms with E-state index in [0.717, 1.165) is 11.1 Å². The van der Waals surface area contributed by atoms with Crippen molar-refractivity contribution in [1.29, 1.82) is 0 Å². The molecule has 0 aliphatic rings. The van der Waals surface area contributed by atoms with E-state index in [9.17, 15) is 9.18 Å². The van der Waals surface area contributed by atoms with Crippen molar-refractivity contribution in [2.45, 2.75) is 19.8 Å². The molecule has 0 aliphatic carbocycles. The fourth-order valence-corrected chi connectivity index (χ4v) is 2.65. The molecular formula is C21H19FN2O. The number of nitrogens with zero attached hydrogens (tertiary/aromatic N) is 1. The summed E-state index contributed by atoms with van der Waals surface area (Å²) < 4.78 is 14.5. The van der Waals surface area contributed by atoms with Crippen LogP contribution in [-0.2, 0) is 4.79 Å². The van der Waals surface area contributed by atoms with Crippen LogP contribution in [0.25, 0.3) is 11.1 Å². The maximum Gasteiger partial charge on any atom is 0.232 e. The highest BCUT2D eigenvalue weighted by molar-refractivity contribution is 5.95. The summed E-state index contributed by atoms with van der Waals surface area (Å²) in [6.45, 7) is 3.63. The number of nitrogens with one attached hydrogen (secondary N) is 1. The summed E-state index contributed by atoms with van der Waals surface area (Å²) in [5.41, 5.74) is 2.85. The second-order valence-electron chi connectivity index (χ2n) is 5.99. The third-order valence-corrected chi connectivity index (χ3v) is 4.22. The smallest absolute Gasteiger partial charge is 0.232 e. The molecule has 126 valence electrons. The first-order chi connectivity index (χ1) is 12.1. The van der Waals surface area contributed by atoms with E-state index in [1.54, 1.807) is 25.3 Å². The number of amides is 1. The highest BCUT2D eigenvalue weighted by Crippen LogP contribution is 2.27. The van der Waals surface area contributed by atoms with Gasteiger partial charge in [0.15, 0.2) is 0 Å². The molecule has 0 bridgehead atoms. The number of benzene rings is 2. The lowest BCUT2D eigenvalue weighted by Crippen LogP contribution is -2.20. The molecule has 1 N–H and O–H groups in total. The Kier molecular flexibility index (Phi) is 4.89. The Morgan fingerprint density at radius 1 is 1.08 bits per heavy atom. The molecule has 1 atom stereocenters. The van der Waals surface area contributed by atoms with Gasteiger partial charge >= 0.3 is 0 Å². The van der Waals surface area contributed by atoms with Crippen molar-refractivity contribution in [2.24, 2.45) is 0 Å². The van der Waals surface area contributed by atoms with Crippen molar-refractivity contribution in [2.75, 3.05) is 5.32 Å². The number of carbonyl (C=O) groups excluding carboxylic acids is 1. The fraction of sp³-hybridized carbons (Fsp3) is 0.143. The molecule has 3 rings (SSSR count). The maximum absolute atomic E-state index is 14.5. The molecule has 0 radical (unpaired) electrons. The number of anilines is 1. The van der Waals surface area contributed by atoms with Crippen LogP contribution in [0.2, 0.25) is 0 Å². The molecule has 25 heavy (non-hydrogen) atoms. The van der Waals surface area contributed by atoms with Gasteiger partial charge in [-0.05, 0) is 42.7 Å². The molecule has 0 spiro atoms. The average Bonchev–Trinajstić information content (AvgIpc) is 2.63. The predicted molar refractivity (Wildman–Crippen MR) is 97.9 cm³/mol. The van der Waals surface area contributed by atoms with Crippen LogP contribution in [0.3, 0.4) is 0 Å². The van der Waals surface area contributed by atoms with Gasteiger partial charge in [0.05, 0.1) is 5.92 Å². The zero-order valence-corrected chi connectivity index (χ0v) is 14.2. The molecular weight excluding hydrogens is 315 g/mol. The maximum atomic E-state index is 14.5. The topological polar surface area (TPSA) is 42.0 Å². The van der Waals surface area contributed by atoms with Crippen LogP contribution in [-0.4, -0.2) is 10.9 Å². The minimum absolute atomic E-state index is 0.214. The van der Waals surface area contributed by atoms with Gasteiger partial charge in [0, 0.05) is 11.8 Å². The Morgan fingerprint density at radius 2 is 1.84 bits per heavy atom. The second kappa shape index (κ2) is 7.26. The summed E-state index contributed by atoms with van der Waals surface area (Å²) in [5, 5.41) is 2.80. The average molecular weight is 334 g/mol. The van der Waals surface area contributed by atoms with Crippen LogP contribution < -0.4 is 5.32 Å². The number of aromatic nitrogens is 1. The van der Waals surface area contributed by atoms with E-state index in [2.05, 4.69) is 10.3 Å². The lowest BCUT2D eigenvalue weighted by Gasteiger charge is -2.14. The van der Waals surface area contributed by atoms with Gasteiger partial charge in [-0.15, -0.1) is 0 Å². The first kappa shape index (κ1) is 16.8. The molecule has 3 nitrogen and oxygen atoms in total. The number of halogens is 1. The number of rotatable bonds is 4. The van der Waals surface area contributed by atoms with Crippen LogP contribution >= 0.6 is 0 Å². The largest absolute Gasteiger partial charge is 0.310 e. The van der Waals surface area contributed by atoms with E-state index >= 15 is 0 Å². The van der Waals surface area contributed by atoms with Gasteiger partial charge in [-0.3, -0.25) is 4.79 Å². The molecule has 4 heteroatoms. The summed E-state index contributed by atoms with van der Waals surface area (Å²) in [6, 6.07) is 18.0. The first-order valence-electron chi connectivity index (χ1n) is 8.13. The summed E-state index contributed by atoms with van der Waals surface area (Å²) >= 11 is 0. The Hall–Kier alpha value is -3.01. The number of hydrogen-bond acceptors (Lipinski definition) is 2. The highest BCUT2D eigenvalue weighted by atomic mass is 19.1. The van der Waals surface area contributed by atoms with Crippen LogP contribution in [0.15, 0.2) is 66.9 Å². The Labute approximate surface area is 146 Å². The van der Waals surface area contributed by atoms with Gasteiger partial charge in [-0.2, -0.15) is 0 Å². The number of hydrogen-bond donors (Lipinski definition) is 1. The van der Waals surface area contributed by atoms with Crippen LogP contribution in [0, 0.1) is 12.7 Å². The van der Waals surface area contributed by atoms with Gasteiger partial charge < -0.3 is 5.32 Å².